The summed E-state index contributed by atoms with van der Waals surface area (Å²) in [7, 11) is 0. The molecule has 1 heterocycles. The summed E-state index contributed by atoms with van der Waals surface area (Å²) in [5.41, 5.74) is -0.702. The van der Waals surface area contributed by atoms with E-state index in [1.165, 1.54) is 6.20 Å². The van der Waals surface area contributed by atoms with Gasteiger partial charge in [0.15, 0.2) is 0 Å². The quantitative estimate of drug-likeness (QED) is 0.651. The van der Waals surface area contributed by atoms with E-state index in [-0.39, 0.29) is 63.2 Å². The van der Waals surface area contributed by atoms with Gasteiger partial charge in [0.25, 0.3) is 0 Å². The van der Waals surface area contributed by atoms with E-state index in [0.717, 1.165) is 31.5 Å². The van der Waals surface area contributed by atoms with Crippen molar-refractivity contribution in [3.63, 3.8) is 0 Å². The monoisotopic (exact) mass is 255 g/mol. The minimum atomic E-state index is -4.98. The van der Waals surface area contributed by atoms with Crippen molar-refractivity contribution in [2.45, 2.75) is 25.4 Å². The molecule has 1 aliphatic rings. The van der Waals surface area contributed by atoms with E-state index in [1.807, 2.05) is 0 Å². The van der Waals surface area contributed by atoms with Gasteiger partial charge in [-0.05, 0) is 25.3 Å². The molecule has 0 atom stereocenters. The second-order valence-electron chi connectivity index (χ2n) is 3.70. The summed E-state index contributed by atoms with van der Waals surface area (Å²) >= 11 is 0. The molecule has 82 valence electrons. The molecule has 1 fully saturated rings. The van der Waals surface area contributed by atoms with Crippen LogP contribution in [0.2, 0.25) is 0 Å². The van der Waals surface area contributed by atoms with Crippen LogP contribution in [0.4, 0.5) is 12.9 Å². The summed E-state index contributed by atoms with van der Waals surface area (Å²) in [6, 6.07) is 1.02. The van der Waals surface area contributed by atoms with Crippen molar-refractivity contribution in [3.8, 4) is 5.75 Å². The van der Waals surface area contributed by atoms with Crippen molar-refractivity contribution in [3.05, 3.63) is 18.5 Å². The molecule has 0 N–H and O–H groups in total. The zero-order valence-electron chi connectivity index (χ0n) is 9.00. The van der Waals surface area contributed by atoms with Crippen LogP contribution in [0, 0.1) is 0 Å². The fraction of sp³-hybridized carbons (Fsp3) is 0.444. The van der Waals surface area contributed by atoms with E-state index in [1.54, 1.807) is 0 Å². The number of pyridine rings is 1. The van der Waals surface area contributed by atoms with Gasteiger partial charge in [0.1, 0.15) is 5.75 Å². The number of halogens is 3. The minimum absolute atomic E-state index is 0. The van der Waals surface area contributed by atoms with E-state index in [9.17, 15) is 12.9 Å². The Hall–Kier alpha value is 0.441. The largest absolute Gasteiger partial charge is 1.00 e. The van der Waals surface area contributed by atoms with Crippen molar-refractivity contribution in [2.24, 2.45) is 0 Å². The molecule has 2 nitrogen and oxygen atoms in total. The molecular weight excluding hydrogens is 245 g/mol. The predicted octanol–water partition coefficient (Wildman–Crippen LogP) is -0.929. The summed E-state index contributed by atoms with van der Waals surface area (Å²) in [5.74, 6) is 0.219. The van der Waals surface area contributed by atoms with E-state index in [2.05, 4.69) is 4.98 Å². The fourth-order valence-corrected chi connectivity index (χ4v) is 1.36. The third-order valence-electron chi connectivity index (χ3n) is 2.47. The fourth-order valence-electron chi connectivity index (χ4n) is 1.36. The van der Waals surface area contributed by atoms with Crippen LogP contribution in [0.25, 0.3) is 0 Å². The molecule has 2 rings (SSSR count). The molecule has 0 unspecified atom stereocenters. The second-order valence-corrected chi connectivity index (χ2v) is 3.70. The standard InChI is InChI=1S/C9H10BF3NO.K/c11-10(12,13)7-4-9(6-14-5-7)15-8-2-1-3-8;/h4-6,8H,1-3H2;/q-1;+1. The Labute approximate surface area is 134 Å². The number of hydrogen-bond acceptors (Lipinski definition) is 2. The molecule has 0 spiro atoms. The van der Waals surface area contributed by atoms with Crippen molar-refractivity contribution in [1.82, 2.24) is 4.98 Å². The van der Waals surface area contributed by atoms with Crippen LogP contribution in [0.3, 0.4) is 0 Å². The molecule has 0 radical (unpaired) electrons. The van der Waals surface area contributed by atoms with E-state index in [0.29, 0.717) is 0 Å². The van der Waals surface area contributed by atoms with Crippen LogP contribution in [0.5, 0.6) is 5.75 Å². The molecule has 16 heavy (non-hydrogen) atoms. The van der Waals surface area contributed by atoms with Gasteiger partial charge in [-0.2, -0.15) is 0 Å². The first-order chi connectivity index (χ1) is 7.05. The first-order valence-corrected chi connectivity index (χ1v) is 4.87. The summed E-state index contributed by atoms with van der Waals surface area (Å²) < 4.78 is 42.4. The van der Waals surface area contributed by atoms with Gasteiger partial charge in [-0.3, -0.25) is 4.98 Å². The average molecular weight is 255 g/mol. The third-order valence-corrected chi connectivity index (χ3v) is 2.47. The van der Waals surface area contributed by atoms with Crippen LogP contribution < -0.4 is 61.6 Å². The predicted molar refractivity (Wildman–Crippen MR) is 51.2 cm³/mol. The Bertz CT molecular complexity index is 357. The first kappa shape index (κ1) is 14.5. The van der Waals surface area contributed by atoms with Gasteiger partial charge >= 0.3 is 58.4 Å². The molecule has 1 aliphatic carbocycles. The van der Waals surface area contributed by atoms with E-state index in [4.69, 9.17) is 4.74 Å². The number of rotatable bonds is 3. The van der Waals surface area contributed by atoms with Crippen LogP contribution in [0.1, 0.15) is 19.3 Å². The van der Waals surface area contributed by atoms with Gasteiger partial charge in [-0.25, -0.2) is 0 Å². The van der Waals surface area contributed by atoms with Gasteiger partial charge in [-0.15, -0.1) is 0 Å². The van der Waals surface area contributed by atoms with E-state index >= 15 is 0 Å². The first-order valence-electron chi connectivity index (χ1n) is 4.87. The van der Waals surface area contributed by atoms with Gasteiger partial charge in [0.2, 0.25) is 0 Å². The van der Waals surface area contributed by atoms with Gasteiger partial charge in [0.05, 0.1) is 12.3 Å². The molecule has 0 bridgehead atoms. The summed E-state index contributed by atoms with van der Waals surface area (Å²) in [4.78, 5) is 3.53. The summed E-state index contributed by atoms with van der Waals surface area (Å²) in [6.45, 7) is -4.98. The van der Waals surface area contributed by atoms with Crippen molar-refractivity contribution >= 4 is 12.4 Å². The number of hydrogen-bond donors (Lipinski definition) is 0. The maximum atomic E-state index is 12.4. The molecule has 1 aromatic rings. The van der Waals surface area contributed by atoms with E-state index < -0.39 is 12.4 Å². The Morgan fingerprint density at radius 3 is 2.44 bits per heavy atom. The molecule has 0 amide bonds. The third kappa shape index (κ3) is 3.73. The van der Waals surface area contributed by atoms with Crippen molar-refractivity contribution in [1.29, 1.82) is 0 Å². The summed E-state index contributed by atoms with van der Waals surface area (Å²) in [6.07, 6.45) is 5.14. The van der Waals surface area contributed by atoms with Gasteiger partial charge < -0.3 is 17.7 Å². The normalized spacial score (nSPS) is 16.2. The molecule has 0 aromatic carbocycles. The SMILES string of the molecule is F[B-](F)(F)c1cncc(OC2CCC2)c1.[K+]. The maximum Gasteiger partial charge on any atom is 1.00 e. The second kappa shape index (κ2) is 5.86. The summed E-state index contributed by atoms with van der Waals surface area (Å²) in [5, 5.41) is 0. The van der Waals surface area contributed by atoms with Crippen LogP contribution >= 0.6 is 0 Å². The smallest absolute Gasteiger partial charge is 0.489 e. The number of ether oxygens (including phenoxy) is 1. The Kier molecular flexibility index (Phi) is 5.31. The minimum Gasteiger partial charge on any atom is -0.489 e. The molecule has 1 saturated carbocycles. The molecule has 0 saturated heterocycles. The number of aromatic nitrogens is 1. The van der Waals surface area contributed by atoms with Crippen LogP contribution in [-0.2, 0) is 0 Å². The van der Waals surface area contributed by atoms with Crippen LogP contribution in [0.15, 0.2) is 18.5 Å². The molecule has 0 aliphatic heterocycles. The van der Waals surface area contributed by atoms with Gasteiger partial charge in [-0.1, -0.05) is 5.46 Å². The van der Waals surface area contributed by atoms with Crippen molar-refractivity contribution < 1.29 is 69.1 Å². The topological polar surface area (TPSA) is 22.1 Å². The zero-order chi connectivity index (χ0) is 10.9. The zero-order valence-corrected chi connectivity index (χ0v) is 12.1. The van der Waals surface area contributed by atoms with Crippen molar-refractivity contribution in [2.75, 3.05) is 0 Å². The Balaban J connectivity index is 0.00000128. The Morgan fingerprint density at radius 2 is 1.94 bits per heavy atom. The number of nitrogens with zero attached hydrogens (tertiary/aromatic N) is 1. The maximum absolute atomic E-state index is 12.4. The van der Waals surface area contributed by atoms with Gasteiger partial charge in [0, 0.05) is 6.20 Å². The van der Waals surface area contributed by atoms with Crippen LogP contribution in [-0.4, -0.2) is 18.1 Å². The average Bonchev–Trinajstić information content (AvgIpc) is 2.11. The molecule has 1 aromatic heterocycles. The molecular formula is C9H10BF3KNO. The Morgan fingerprint density at radius 1 is 1.25 bits per heavy atom. The molecule has 7 heteroatoms.